The molecule has 2 rings (SSSR count). The molecule has 4 nitrogen and oxygen atoms in total. The topological polar surface area (TPSA) is 48.7 Å². The van der Waals surface area contributed by atoms with E-state index in [-0.39, 0.29) is 6.61 Å². The minimum absolute atomic E-state index is 0.194. The molecule has 0 atom stereocenters. The summed E-state index contributed by atoms with van der Waals surface area (Å²) in [5, 5.41) is 0. The molecule has 1 heterocycles. The van der Waals surface area contributed by atoms with Crippen molar-refractivity contribution in [2.45, 2.75) is 20.8 Å². The SMILES string of the molecule is Cc1cc(OCC#CCOc2cccc(C)c2C)cc(=O)o1. The molecule has 0 aliphatic heterocycles. The highest BCUT2D eigenvalue weighted by Crippen LogP contribution is 2.20. The summed E-state index contributed by atoms with van der Waals surface area (Å²) >= 11 is 0. The van der Waals surface area contributed by atoms with Gasteiger partial charge in [0.2, 0.25) is 0 Å². The van der Waals surface area contributed by atoms with Gasteiger partial charge in [-0.15, -0.1) is 0 Å². The van der Waals surface area contributed by atoms with Crippen LogP contribution in [-0.2, 0) is 0 Å². The minimum atomic E-state index is -0.429. The van der Waals surface area contributed by atoms with E-state index in [0.29, 0.717) is 18.1 Å². The first-order valence-electron chi connectivity index (χ1n) is 6.95. The van der Waals surface area contributed by atoms with Gasteiger partial charge in [-0.2, -0.15) is 0 Å². The van der Waals surface area contributed by atoms with E-state index in [1.165, 1.54) is 11.6 Å². The molecule has 1 aromatic carbocycles. The molecular weight excluding hydrogens is 280 g/mol. The number of benzene rings is 1. The highest BCUT2D eigenvalue weighted by molar-refractivity contribution is 5.38. The third kappa shape index (κ3) is 4.42. The third-order valence-electron chi connectivity index (χ3n) is 3.16. The summed E-state index contributed by atoms with van der Waals surface area (Å²) in [6, 6.07) is 8.86. The Hall–Kier alpha value is -2.67. The summed E-state index contributed by atoms with van der Waals surface area (Å²) in [4.78, 5) is 11.2. The first-order valence-corrected chi connectivity index (χ1v) is 6.95. The van der Waals surface area contributed by atoms with Crippen LogP contribution in [0.25, 0.3) is 0 Å². The fraction of sp³-hybridized carbons (Fsp3) is 0.278. The Morgan fingerprint density at radius 2 is 1.77 bits per heavy atom. The zero-order chi connectivity index (χ0) is 15.9. The van der Waals surface area contributed by atoms with E-state index < -0.39 is 5.63 Å². The van der Waals surface area contributed by atoms with Crippen LogP contribution >= 0.6 is 0 Å². The Morgan fingerprint density at radius 1 is 1.05 bits per heavy atom. The van der Waals surface area contributed by atoms with Crippen LogP contribution in [0, 0.1) is 32.6 Å². The number of hydrogen-bond acceptors (Lipinski definition) is 4. The van der Waals surface area contributed by atoms with Crippen molar-refractivity contribution in [3.05, 3.63) is 57.6 Å². The van der Waals surface area contributed by atoms with Crippen LogP contribution in [0.5, 0.6) is 11.5 Å². The molecule has 0 bridgehead atoms. The van der Waals surface area contributed by atoms with Gasteiger partial charge in [0.1, 0.15) is 30.5 Å². The molecule has 1 aromatic heterocycles. The van der Waals surface area contributed by atoms with Crippen molar-refractivity contribution in [2.75, 3.05) is 13.2 Å². The number of aryl methyl sites for hydroxylation is 2. The maximum absolute atomic E-state index is 11.2. The van der Waals surface area contributed by atoms with Gasteiger partial charge < -0.3 is 13.9 Å². The zero-order valence-electron chi connectivity index (χ0n) is 12.9. The van der Waals surface area contributed by atoms with E-state index in [1.807, 2.05) is 32.0 Å². The summed E-state index contributed by atoms with van der Waals surface area (Å²) in [7, 11) is 0. The van der Waals surface area contributed by atoms with E-state index in [2.05, 4.69) is 11.8 Å². The van der Waals surface area contributed by atoms with Crippen LogP contribution in [0.2, 0.25) is 0 Å². The minimum Gasteiger partial charge on any atom is -0.481 e. The Labute approximate surface area is 129 Å². The van der Waals surface area contributed by atoms with Gasteiger partial charge in [-0.25, -0.2) is 4.79 Å². The molecule has 0 amide bonds. The standard InChI is InChI=1S/C18H18O4/c1-13-7-6-8-17(15(13)3)21-10-5-4-9-20-16-11-14(2)22-18(19)12-16/h6-8,11-12H,9-10H2,1-3H3. The summed E-state index contributed by atoms with van der Waals surface area (Å²) in [6.45, 7) is 6.24. The van der Waals surface area contributed by atoms with Crippen molar-refractivity contribution in [2.24, 2.45) is 0 Å². The van der Waals surface area contributed by atoms with Gasteiger partial charge in [-0.05, 0) is 38.0 Å². The number of hydrogen-bond donors (Lipinski definition) is 0. The molecule has 0 aliphatic rings. The van der Waals surface area contributed by atoms with Crippen LogP contribution in [0.15, 0.2) is 39.5 Å². The Balaban J connectivity index is 1.82. The van der Waals surface area contributed by atoms with E-state index in [4.69, 9.17) is 13.9 Å². The summed E-state index contributed by atoms with van der Waals surface area (Å²) in [6.07, 6.45) is 0. The average molecular weight is 298 g/mol. The van der Waals surface area contributed by atoms with Gasteiger partial charge in [0.25, 0.3) is 0 Å². The summed E-state index contributed by atoms with van der Waals surface area (Å²) in [5.41, 5.74) is 1.88. The Kier molecular flexibility index (Phi) is 5.26. The molecule has 0 spiro atoms. The maximum Gasteiger partial charge on any atom is 0.339 e. The average Bonchev–Trinajstić information content (AvgIpc) is 2.46. The zero-order valence-corrected chi connectivity index (χ0v) is 12.9. The van der Waals surface area contributed by atoms with Crippen molar-refractivity contribution < 1.29 is 13.9 Å². The molecular formula is C18H18O4. The Bertz CT molecular complexity index is 763. The molecule has 2 aromatic rings. The number of ether oxygens (including phenoxy) is 2. The summed E-state index contributed by atoms with van der Waals surface area (Å²) < 4.78 is 15.8. The second kappa shape index (κ2) is 7.37. The van der Waals surface area contributed by atoms with Crippen LogP contribution in [0.1, 0.15) is 16.9 Å². The molecule has 0 fully saturated rings. The lowest BCUT2D eigenvalue weighted by Crippen LogP contribution is -2.02. The van der Waals surface area contributed by atoms with Crippen LogP contribution in [-0.4, -0.2) is 13.2 Å². The monoisotopic (exact) mass is 298 g/mol. The third-order valence-corrected chi connectivity index (χ3v) is 3.16. The molecule has 0 saturated carbocycles. The largest absolute Gasteiger partial charge is 0.481 e. The van der Waals surface area contributed by atoms with Crippen LogP contribution in [0.4, 0.5) is 0 Å². The summed E-state index contributed by atoms with van der Waals surface area (Å²) in [5.74, 6) is 7.53. The van der Waals surface area contributed by atoms with Crippen molar-refractivity contribution in [1.82, 2.24) is 0 Å². The molecule has 0 radical (unpaired) electrons. The van der Waals surface area contributed by atoms with Crippen LogP contribution in [0.3, 0.4) is 0 Å². The molecule has 0 aliphatic carbocycles. The van der Waals surface area contributed by atoms with E-state index >= 15 is 0 Å². The van der Waals surface area contributed by atoms with Gasteiger partial charge in [0.15, 0.2) is 0 Å². The highest BCUT2D eigenvalue weighted by Gasteiger charge is 2.00. The van der Waals surface area contributed by atoms with Gasteiger partial charge in [0, 0.05) is 6.07 Å². The van der Waals surface area contributed by atoms with Crippen molar-refractivity contribution in [1.29, 1.82) is 0 Å². The van der Waals surface area contributed by atoms with E-state index in [0.717, 1.165) is 11.3 Å². The quantitative estimate of drug-likeness (QED) is 0.814. The molecule has 0 unspecified atom stereocenters. The van der Waals surface area contributed by atoms with Crippen molar-refractivity contribution >= 4 is 0 Å². The highest BCUT2D eigenvalue weighted by atomic mass is 16.5. The first kappa shape index (κ1) is 15.7. The van der Waals surface area contributed by atoms with Gasteiger partial charge >= 0.3 is 5.63 Å². The van der Waals surface area contributed by atoms with Crippen molar-refractivity contribution in [3.8, 4) is 23.3 Å². The fourth-order valence-corrected chi connectivity index (χ4v) is 1.87. The lowest BCUT2D eigenvalue weighted by atomic mass is 10.1. The fourth-order valence-electron chi connectivity index (χ4n) is 1.87. The lowest BCUT2D eigenvalue weighted by Gasteiger charge is -2.07. The number of rotatable bonds is 4. The second-order valence-corrected chi connectivity index (χ2v) is 4.85. The molecule has 0 saturated heterocycles. The van der Waals surface area contributed by atoms with Crippen molar-refractivity contribution in [3.63, 3.8) is 0 Å². The lowest BCUT2D eigenvalue weighted by molar-refractivity contribution is 0.355. The van der Waals surface area contributed by atoms with Gasteiger partial charge in [0.05, 0.1) is 6.07 Å². The first-order chi connectivity index (χ1) is 10.6. The van der Waals surface area contributed by atoms with E-state index in [9.17, 15) is 4.79 Å². The van der Waals surface area contributed by atoms with E-state index in [1.54, 1.807) is 13.0 Å². The smallest absolute Gasteiger partial charge is 0.339 e. The Morgan fingerprint density at radius 3 is 2.50 bits per heavy atom. The molecule has 114 valence electrons. The van der Waals surface area contributed by atoms with Gasteiger partial charge in [-0.3, -0.25) is 0 Å². The molecule has 0 N–H and O–H groups in total. The van der Waals surface area contributed by atoms with Crippen LogP contribution < -0.4 is 15.1 Å². The molecule has 4 heteroatoms. The molecule has 22 heavy (non-hydrogen) atoms. The normalized spacial score (nSPS) is 9.77. The maximum atomic E-state index is 11.2. The second-order valence-electron chi connectivity index (χ2n) is 4.85. The predicted octanol–water partition coefficient (Wildman–Crippen LogP) is 3.03. The van der Waals surface area contributed by atoms with Gasteiger partial charge in [-0.1, -0.05) is 24.0 Å². The predicted molar refractivity (Wildman–Crippen MR) is 84.4 cm³/mol.